The summed E-state index contributed by atoms with van der Waals surface area (Å²) in [6.07, 6.45) is 2.59. The van der Waals surface area contributed by atoms with Gasteiger partial charge in [-0.15, -0.1) is 0 Å². The van der Waals surface area contributed by atoms with Crippen molar-refractivity contribution in [3.63, 3.8) is 0 Å². The van der Waals surface area contributed by atoms with E-state index in [1.165, 1.54) is 5.56 Å². The maximum absolute atomic E-state index is 12.8. The van der Waals surface area contributed by atoms with Crippen molar-refractivity contribution in [2.45, 2.75) is 19.3 Å². The van der Waals surface area contributed by atoms with E-state index in [4.69, 9.17) is 4.74 Å². The number of pyridine rings is 1. The Morgan fingerprint density at radius 2 is 2.12 bits per heavy atom. The predicted octanol–water partition coefficient (Wildman–Crippen LogP) is 2.90. The molecule has 0 unspecified atom stereocenters. The van der Waals surface area contributed by atoms with E-state index in [1.807, 2.05) is 30.0 Å². The SMILES string of the molecule is COc1ccc([C@@H]2CCN(C(=O)c3cnc4n[nH]c(C)c4c3)C2)cc1. The van der Waals surface area contributed by atoms with Crippen molar-refractivity contribution in [2.75, 3.05) is 20.2 Å². The van der Waals surface area contributed by atoms with Crippen LogP contribution in [0.3, 0.4) is 0 Å². The summed E-state index contributed by atoms with van der Waals surface area (Å²) in [4.78, 5) is 19.0. The minimum absolute atomic E-state index is 0.0333. The number of carbonyl (C=O) groups is 1. The fourth-order valence-electron chi connectivity index (χ4n) is 3.41. The highest BCUT2D eigenvalue weighted by molar-refractivity contribution is 5.97. The Labute approximate surface area is 145 Å². The molecule has 0 spiro atoms. The van der Waals surface area contributed by atoms with E-state index in [0.29, 0.717) is 17.1 Å². The van der Waals surface area contributed by atoms with Gasteiger partial charge in [0.15, 0.2) is 5.65 Å². The molecule has 4 rings (SSSR count). The number of aryl methyl sites for hydroxylation is 1. The van der Waals surface area contributed by atoms with Crippen LogP contribution in [-0.4, -0.2) is 46.2 Å². The number of carbonyl (C=O) groups excluding carboxylic acids is 1. The van der Waals surface area contributed by atoms with Crippen molar-refractivity contribution in [1.29, 1.82) is 0 Å². The third kappa shape index (κ3) is 2.84. The minimum Gasteiger partial charge on any atom is -0.497 e. The first-order valence-corrected chi connectivity index (χ1v) is 8.39. The van der Waals surface area contributed by atoms with Crippen LogP contribution in [0.4, 0.5) is 0 Å². The minimum atomic E-state index is 0.0333. The van der Waals surface area contributed by atoms with Gasteiger partial charge >= 0.3 is 0 Å². The molecule has 1 amide bonds. The van der Waals surface area contributed by atoms with Gasteiger partial charge < -0.3 is 9.64 Å². The fraction of sp³-hybridized carbons (Fsp3) is 0.316. The smallest absolute Gasteiger partial charge is 0.255 e. The van der Waals surface area contributed by atoms with Crippen molar-refractivity contribution < 1.29 is 9.53 Å². The van der Waals surface area contributed by atoms with Crippen molar-refractivity contribution in [3.8, 4) is 5.75 Å². The molecule has 0 bridgehead atoms. The lowest BCUT2D eigenvalue weighted by molar-refractivity contribution is 0.0790. The van der Waals surface area contributed by atoms with Crippen LogP contribution in [0, 0.1) is 6.92 Å². The molecule has 1 fully saturated rings. The topological polar surface area (TPSA) is 71.1 Å². The Bertz CT molecular complexity index is 917. The van der Waals surface area contributed by atoms with Gasteiger partial charge in [0.1, 0.15) is 5.75 Å². The summed E-state index contributed by atoms with van der Waals surface area (Å²) >= 11 is 0. The van der Waals surface area contributed by atoms with E-state index in [-0.39, 0.29) is 5.91 Å². The normalized spacial score (nSPS) is 17.2. The number of aromatic amines is 1. The van der Waals surface area contributed by atoms with Crippen LogP contribution in [0.15, 0.2) is 36.5 Å². The number of hydrogen-bond acceptors (Lipinski definition) is 4. The van der Waals surface area contributed by atoms with Gasteiger partial charge in [-0.3, -0.25) is 9.89 Å². The summed E-state index contributed by atoms with van der Waals surface area (Å²) in [5.74, 6) is 1.25. The van der Waals surface area contributed by atoms with Crippen molar-refractivity contribution >= 4 is 16.9 Å². The number of benzene rings is 1. The summed E-state index contributed by atoms with van der Waals surface area (Å²) in [5, 5.41) is 7.91. The molecule has 3 aromatic rings. The maximum atomic E-state index is 12.8. The zero-order valence-corrected chi connectivity index (χ0v) is 14.3. The first-order chi connectivity index (χ1) is 12.2. The summed E-state index contributed by atoms with van der Waals surface area (Å²) in [6, 6.07) is 9.99. The molecule has 25 heavy (non-hydrogen) atoms. The number of ether oxygens (including phenoxy) is 1. The average Bonchev–Trinajstić information content (AvgIpc) is 3.28. The van der Waals surface area contributed by atoms with Crippen LogP contribution in [0.2, 0.25) is 0 Å². The van der Waals surface area contributed by atoms with Gasteiger partial charge in [-0.05, 0) is 37.1 Å². The number of aromatic nitrogens is 3. The van der Waals surface area contributed by atoms with E-state index in [9.17, 15) is 4.79 Å². The number of nitrogens with one attached hydrogen (secondary N) is 1. The van der Waals surface area contributed by atoms with Crippen molar-refractivity contribution in [1.82, 2.24) is 20.1 Å². The van der Waals surface area contributed by atoms with Gasteiger partial charge in [0.25, 0.3) is 5.91 Å². The number of amides is 1. The van der Waals surface area contributed by atoms with Crippen LogP contribution < -0.4 is 4.74 Å². The van der Waals surface area contributed by atoms with Crippen LogP contribution in [-0.2, 0) is 0 Å². The molecule has 3 heterocycles. The molecule has 6 heteroatoms. The summed E-state index contributed by atoms with van der Waals surface area (Å²) in [5.41, 5.74) is 3.43. The molecule has 0 radical (unpaired) electrons. The molecule has 6 nitrogen and oxygen atoms in total. The van der Waals surface area contributed by atoms with Crippen LogP contribution in [0.25, 0.3) is 11.0 Å². The molecule has 2 aromatic heterocycles. The van der Waals surface area contributed by atoms with E-state index < -0.39 is 0 Å². The highest BCUT2D eigenvalue weighted by atomic mass is 16.5. The van der Waals surface area contributed by atoms with E-state index in [1.54, 1.807) is 13.3 Å². The highest BCUT2D eigenvalue weighted by Gasteiger charge is 2.28. The number of fused-ring (bicyclic) bond motifs is 1. The molecular formula is C19H20N4O2. The van der Waals surface area contributed by atoms with Crippen LogP contribution >= 0.6 is 0 Å². The fourth-order valence-corrected chi connectivity index (χ4v) is 3.41. The summed E-state index contributed by atoms with van der Waals surface area (Å²) in [7, 11) is 1.66. The molecule has 1 N–H and O–H groups in total. The van der Waals surface area contributed by atoms with E-state index in [2.05, 4.69) is 27.3 Å². The number of nitrogens with zero attached hydrogens (tertiary/aromatic N) is 3. The highest BCUT2D eigenvalue weighted by Crippen LogP contribution is 2.29. The van der Waals surface area contributed by atoms with Gasteiger partial charge in [-0.25, -0.2) is 4.98 Å². The van der Waals surface area contributed by atoms with Gasteiger partial charge in [-0.2, -0.15) is 5.10 Å². The Morgan fingerprint density at radius 1 is 1.32 bits per heavy atom. The van der Waals surface area contributed by atoms with Gasteiger partial charge in [0.2, 0.25) is 0 Å². The Hall–Kier alpha value is -2.89. The Balaban J connectivity index is 1.51. The number of methoxy groups -OCH3 is 1. The van der Waals surface area contributed by atoms with Crippen molar-refractivity contribution in [2.24, 2.45) is 0 Å². The quantitative estimate of drug-likeness (QED) is 0.798. The number of rotatable bonds is 3. The monoisotopic (exact) mass is 336 g/mol. The second-order valence-corrected chi connectivity index (χ2v) is 6.45. The number of likely N-dealkylation sites (tertiary alicyclic amines) is 1. The maximum Gasteiger partial charge on any atom is 0.255 e. The van der Waals surface area contributed by atoms with E-state index in [0.717, 1.165) is 36.3 Å². The molecule has 1 aliphatic rings. The van der Waals surface area contributed by atoms with E-state index >= 15 is 0 Å². The number of H-pyrrole nitrogens is 1. The summed E-state index contributed by atoms with van der Waals surface area (Å²) in [6.45, 7) is 3.42. The van der Waals surface area contributed by atoms with Crippen molar-refractivity contribution in [3.05, 3.63) is 53.3 Å². The zero-order valence-electron chi connectivity index (χ0n) is 14.3. The molecular weight excluding hydrogens is 316 g/mol. The first kappa shape index (κ1) is 15.6. The Kier molecular flexibility index (Phi) is 3.87. The molecule has 1 atom stereocenters. The zero-order chi connectivity index (χ0) is 17.4. The molecule has 1 aromatic carbocycles. The lowest BCUT2D eigenvalue weighted by Gasteiger charge is -2.17. The standard InChI is InChI=1S/C19H20N4O2/c1-12-17-9-15(10-20-18(17)22-21-12)19(24)23-8-7-14(11-23)13-3-5-16(25-2)6-4-13/h3-6,9-10,14H,7-8,11H2,1-2H3,(H,20,21,22)/t14-/m1/s1. The third-order valence-corrected chi connectivity index (χ3v) is 4.91. The molecule has 0 aliphatic carbocycles. The van der Waals surface area contributed by atoms with Gasteiger partial charge in [-0.1, -0.05) is 12.1 Å². The largest absolute Gasteiger partial charge is 0.497 e. The Morgan fingerprint density at radius 3 is 2.88 bits per heavy atom. The molecule has 128 valence electrons. The summed E-state index contributed by atoms with van der Waals surface area (Å²) < 4.78 is 5.21. The predicted molar refractivity (Wildman–Crippen MR) is 94.9 cm³/mol. The van der Waals surface area contributed by atoms with Crippen LogP contribution in [0.1, 0.15) is 34.0 Å². The lowest BCUT2D eigenvalue weighted by Crippen LogP contribution is -2.28. The second kappa shape index (κ2) is 6.20. The molecule has 0 saturated carbocycles. The second-order valence-electron chi connectivity index (χ2n) is 6.45. The lowest BCUT2D eigenvalue weighted by atomic mass is 9.98. The van der Waals surface area contributed by atoms with Crippen LogP contribution in [0.5, 0.6) is 5.75 Å². The number of hydrogen-bond donors (Lipinski definition) is 1. The molecule has 1 aliphatic heterocycles. The van der Waals surface area contributed by atoms with Gasteiger partial charge in [0.05, 0.1) is 12.7 Å². The van der Waals surface area contributed by atoms with Gasteiger partial charge in [0, 0.05) is 36.3 Å². The molecule has 1 saturated heterocycles. The first-order valence-electron chi connectivity index (χ1n) is 8.39. The average molecular weight is 336 g/mol. The third-order valence-electron chi connectivity index (χ3n) is 4.91.